The number of likely N-dealkylation sites (tertiary alicyclic amines) is 1. The average molecular weight is 344 g/mol. The molecule has 1 amide bonds. The van der Waals surface area contributed by atoms with Gasteiger partial charge in [0.05, 0.1) is 6.04 Å². The summed E-state index contributed by atoms with van der Waals surface area (Å²) in [7, 11) is 0. The summed E-state index contributed by atoms with van der Waals surface area (Å²) in [5, 5.41) is 12.6. The van der Waals surface area contributed by atoms with Crippen LogP contribution < -0.4 is 5.32 Å². The smallest absolute Gasteiger partial charge is 0.237 e. The fourth-order valence-electron chi connectivity index (χ4n) is 4.37. The van der Waals surface area contributed by atoms with Crippen molar-refractivity contribution in [1.82, 2.24) is 10.2 Å². The molecule has 1 saturated heterocycles. The van der Waals surface area contributed by atoms with Crippen LogP contribution >= 0.6 is 0 Å². The summed E-state index contributed by atoms with van der Waals surface area (Å²) < 4.78 is 0. The quantitative estimate of drug-likeness (QED) is 0.828. The first-order valence-electron chi connectivity index (χ1n) is 9.97. The summed E-state index contributed by atoms with van der Waals surface area (Å²) in [5.74, 6) is 0.527. The summed E-state index contributed by atoms with van der Waals surface area (Å²) in [6.07, 6.45) is 10.4. The Morgan fingerprint density at radius 1 is 1.16 bits per heavy atom. The largest absolute Gasteiger partial charge is 0.508 e. The lowest BCUT2D eigenvalue weighted by Gasteiger charge is -2.39. The van der Waals surface area contributed by atoms with Crippen molar-refractivity contribution in [2.45, 2.75) is 82.8 Å². The zero-order valence-electron chi connectivity index (χ0n) is 15.4. The Hall–Kier alpha value is -1.55. The Kier molecular flexibility index (Phi) is 6.35. The molecule has 2 N–H and O–H groups in total. The molecule has 3 rings (SSSR count). The van der Waals surface area contributed by atoms with Crippen LogP contribution in [0.2, 0.25) is 0 Å². The number of rotatable bonds is 6. The second kappa shape index (κ2) is 8.70. The maximum absolute atomic E-state index is 12.8. The lowest BCUT2D eigenvalue weighted by atomic mass is 9.97. The molecule has 2 aliphatic rings. The molecule has 4 nitrogen and oxygen atoms in total. The van der Waals surface area contributed by atoms with Gasteiger partial charge < -0.3 is 10.4 Å². The minimum Gasteiger partial charge on any atom is -0.508 e. The second-order valence-corrected chi connectivity index (χ2v) is 7.80. The Morgan fingerprint density at radius 2 is 1.84 bits per heavy atom. The molecule has 0 bridgehead atoms. The average Bonchev–Trinajstić information content (AvgIpc) is 3.16. The highest BCUT2D eigenvalue weighted by molar-refractivity contribution is 5.82. The van der Waals surface area contributed by atoms with E-state index in [0.29, 0.717) is 11.8 Å². The molecule has 1 aliphatic heterocycles. The monoisotopic (exact) mass is 344 g/mol. The number of nitrogens with one attached hydrogen (secondary N) is 1. The minimum absolute atomic E-state index is 0.0768. The maximum Gasteiger partial charge on any atom is 0.237 e. The van der Waals surface area contributed by atoms with E-state index < -0.39 is 0 Å². The van der Waals surface area contributed by atoms with Crippen LogP contribution in [0.5, 0.6) is 5.75 Å². The zero-order chi connectivity index (χ0) is 17.6. The van der Waals surface area contributed by atoms with Crippen molar-refractivity contribution in [2.24, 2.45) is 0 Å². The van der Waals surface area contributed by atoms with Crippen LogP contribution in [0.4, 0.5) is 0 Å². The van der Waals surface area contributed by atoms with Crippen LogP contribution in [0.3, 0.4) is 0 Å². The highest BCUT2D eigenvalue weighted by Crippen LogP contribution is 2.29. The summed E-state index contributed by atoms with van der Waals surface area (Å²) in [6.45, 7) is 3.19. The van der Waals surface area contributed by atoms with Gasteiger partial charge >= 0.3 is 0 Å². The summed E-state index contributed by atoms with van der Waals surface area (Å²) in [4.78, 5) is 15.3. The van der Waals surface area contributed by atoms with Gasteiger partial charge in [-0.3, -0.25) is 9.69 Å². The summed E-state index contributed by atoms with van der Waals surface area (Å²) in [6, 6.07) is 8.23. The van der Waals surface area contributed by atoms with Crippen LogP contribution in [-0.2, 0) is 11.2 Å². The Balaban J connectivity index is 1.50. The second-order valence-electron chi connectivity index (χ2n) is 7.80. The molecule has 2 atom stereocenters. The van der Waals surface area contributed by atoms with Gasteiger partial charge in [-0.1, -0.05) is 31.4 Å². The van der Waals surface area contributed by atoms with Gasteiger partial charge in [0, 0.05) is 12.1 Å². The van der Waals surface area contributed by atoms with Crippen molar-refractivity contribution in [2.75, 3.05) is 6.54 Å². The van der Waals surface area contributed by atoms with E-state index in [1.165, 1.54) is 44.1 Å². The van der Waals surface area contributed by atoms with Gasteiger partial charge in [0.1, 0.15) is 5.75 Å². The molecule has 0 spiro atoms. The molecule has 1 aliphatic carbocycles. The molecule has 4 heteroatoms. The molecule has 0 unspecified atom stereocenters. The van der Waals surface area contributed by atoms with Crippen LogP contribution in [-0.4, -0.2) is 40.6 Å². The Bertz CT molecular complexity index is 552. The third-order valence-corrected chi connectivity index (χ3v) is 5.83. The predicted octanol–water partition coefficient (Wildman–Crippen LogP) is 3.63. The van der Waals surface area contributed by atoms with E-state index in [0.717, 1.165) is 25.8 Å². The number of benzene rings is 1. The summed E-state index contributed by atoms with van der Waals surface area (Å²) in [5.41, 5.74) is 1.20. The standard InChI is InChI=1S/C21H32N2O2/c1-16(9-10-17-11-13-19(24)14-12-17)22-21(25)20-8-4-5-15-23(20)18-6-2-3-7-18/h11-14,16,18,20,24H,2-10,15H2,1H3,(H,22,25)/t16-,20-/m1/s1. The first-order valence-corrected chi connectivity index (χ1v) is 9.97. The zero-order valence-corrected chi connectivity index (χ0v) is 15.4. The molecule has 0 radical (unpaired) electrons. The summed E-state index contributed by atoms with van der Waals surface area (Å²) >= 11 is 0. The molecule has 1 heterocycles. The van der Waals surface area contributed by atoms with Gasteiger partial charge in [0.2, 0.25) is 5.91 Å². The van der Waals surface area contributed by atoms with E-state index in [4.69, 9.17) is 0 Å². The molecule has 25 heavy (non-hydrogen) atoms. The minimum atomic E-state index is 0.0768. The number of aryl methyl sites for hydroxylation is 1. The lowest BCUT2D eigenvalue weighted by Crippen LogP contribution is -2.54. The van der Waals surface area contributed by atoms with Gasteiger partial charge in [-0.2, -0.15) is 0 Å². The molecule has 1 aromatic carbocycles. The van der Waals surface area contributed by atoms with Gasteiger partial charge in [0.15, 0.2) is 0 Å². The number of aromatic hydroxyl groups is 1. The molecular weight excluding hydrogens is 312 g/mol. The van der Waals surface area contributed by atoms with Crippen LogP contribution in [0.25, 0.3) is 0 Å². The van der Waals surface area contributed by atoms with Crippen LogP contribution in [0.1, 0.15) is 63.9 Å². The van der Waals surface area contributed by atoms with Crippen molar-refractivity contribution in [3.63, 3.8) is 0 Å². The Labute approximate surface area is 151 Å². The van der Waals surface area contributed by atoms with E-state index in [-0.39, 0.29) is 18.0 Å². The van der Waals surface area contributed by atoms with Crippen molar-refractivity contribution >= 4 is 5.91 Å². The van der Waals surface area contributed by atoms with Crippen molar-refractivity contribution in [3.8, 4) is 5.75 Å². The third kappa shape index (κ3) is 4.97. The lowest BCUT2D eigenvalue weighted by molar-refractivity contribution is -0.129. The highest BCUT2D eigenvalue weighted by atomic mass is 16.3. The number of carbonyl (C=O) groups excluding carboxylic acids is 1. The first-order chi connectivity index (χ1) is 12.1. The maximum atomic E-state index is 12.8. The van der Waals surface area contributed by atoms with E-state index in [2.05, 4.69) is 17.1 Å². The molecule has 1 saturated carbocycles. The fraction of sp³-hybridized carbons (Fsp3) is 0.667. The van der Waals surface area contributed by atoms with Crippen LogP contribution in [0, 0.1) is 0 Å². The van der Waals surface area contributed by atoms with E-state index >= 15 is 0 Å². The number of hydrogen-bond donors (Lipinski definition) is 2. The SMILES string of the molecule is C[C@H](CCc1ccc(O)cc1)NC(=O)[C@H]1CCCCN1C1CCCC1. The highest BCUT2D eigenvalue weighted by Gasteiger charge is 2.34. The molecule has 0 aromatic heterocycles. The number of carbonyl (C=O) groups is 1. The van der Waals surface area contributed by atoms with Gasteiger partial charge in [-0.05, 0) is 69.7 Å². The first kappa shape index (κ1) is 18.2. The number of amides is 1. The van der Waals surface area contributed by atoms with Crippen LogP contribution in [0.15, 0.2) is 24.3 Å². The van der Waals surface area contributed by atoms with Gasteiger partial charge in [-0.15, -0.1) is 0 Å². The van der Waals surface area contributed by atoms with Gasteiger partial charge in [0.25, 0.3) is 0 Å². The number of phenols is 1. The van der Waals surface area contributed by atoms with E-state index in [1.807, 2.05) is 12.1 Å². The predicted molar refractivity (Wildman–Crippen MR) is 101 cm³/mol. The van der Waals surface area contributed by atoms with Gasteiger partial charge in [-0.25, -0.2) is 0 Å². The Morgan fingerprint density at radius 3 is 2.56 bits per heavy atom. The van der Waals surface area contributed by atoms with E-state index in [9.17, 15) is 9.90 Å². The number of hydrogen-bond acceptors (Lipinski definition) is 3. The van der Waals surface area contributed by atoms with Crippen molar-refractivity contribution < 1.29 is 9.90 Å². The number of nitrogens with zero attached hydrogens (tertiary/aromatic N) is 1. The molecule has 1 aromatic rings. The van der Waals surface area contributed by atoms with Crippen molar-refractivity contribution in [1.29, 1.82) is 0 Å². The fourth-order valence-corrected chi connectivity index (χ4v) is 4.37. The molecular formula is C21H32N2O2. The normalized spacial score (nSPS) is 23.5. The molecule has 2 fully saturated rings. The molecule has 138 valence electrons. The van der Waals surface area contributed by atoms with E-state index in [1.54, 1.807) is 12.1 Å². The third-order valence-electron chi connectivity index (χ3n) is 5.83. The topological polar surface area (TPSA) is 52.6 Å². The number of phenolic OH excluding ortho intramolecular Hbond substituents is 1. The van der Waals surface area contributed by atoms with Crippen molar-refractivity contribution in [3.05, 3.63) is 29.8 Å². The number of piperidine rings is 1.